The number of rotatable bonds is 3. The van der Waals surface area contributed by atoms with Crippen LogP contribution in [0.25, 0.3) is 0 Å². The lowest BCUT2D eigenvalue weighted by atomic mass is 10.3. The molecule has 0 saturated carbocycles. The minimum absolute atomic E-state index is 0.0548. The van der Waals surface area contributed by atoms with Crippen molar-refractivity contribution >= 4 is 28.5 Å². The average molecular weight is 361 g/mol. The minimum Gasteiger partial charge on any atom is -0.359 e. The molecule has 8 nitrogen and oxygen atoms in total. The Kier molecular flexibility index (Phi) is 3.72. The molecule has 2 aromatic rings. The summed E-state index contributed by atoms with van der Waals surface area (Å²) in [6, 6.07) is 1.41. The van der Waals surface area contributed by atoms with Crippen LogP contribution in [-0.4, -0.2) is 20.6 Å². The van der Waals surface area contributed by atoms with Crippen molar-refractivity contribution in [2.75, 3.05) is 0 Å². The third-order valence-electron chi connectivity index (χ3n) is 2.11. The van der Waals surface area contributed by atoms with Crippen molar-refractivity contribution < 1.29 is 9.32 Å². The summed E-state index contributed by atoms with van der Waals surface area (Å²) >= 11 is 1.89. The number of nitrogen functional groups attached to an aromatic ring is 1. The highest BCUT2D eigenvalue weighted by atomic mass is 127. The number of carbonyl (C=O) groups is 1. The second-order valence-electron chi connectivity index (χ2n) is 3.33. The highest BCUT2D eigenvalue weighted by Crippen LogP contribution is 2.05. The SMILES string of the molecule is NNC(=O)c1cc(Cn2cncc(I)c2=O)on1. The lowest BCUT2D eigenvalue weighted by Gasteiger charge is -2.00. The monoisotopic (exact) mass is 361 g/mol. The normalized spacial score (nSPS) is 10.3. The zero-order valence-electron chi connectivity index (χ0n) is 8.96. The Morgan fingerprint density at radius 2 is 2.39 bits per heavy atom. The van der Waals surface area contributed by atoms with Gasteiger partial charge in [-0.15, -0.1) is 0 Å². The molecule has 3 N–H and O–H groups in total. The molecule has 2 heterocycles. The maximum atomic E-state index is 11.7. The second-order valence-corrected chi connectivity index (χ2v) is 4.49. The van der Waals surface area contributed by atoms with Crippen molar-refractivity contribution in [1.29, 1.82) is 0 Å². The van der Waals surface area contributed by atoms with E-state index in [9.17, 15) is 9.59 Å². The maximum absolute atomic E-state index is 11.7. The van der Waals surface area contributed by atoms with E-state index in [1.54, 1.807) is 0 Å². The van der Waals surface area contributed by atoms with E-state index >= 15 is 0 Å². The number of hydrogen-bond acceptors (Lipinski definition) is 6. The quantitative estimate of drug-likeness (QED) is 0.329. The maximum Gasteiger partial charge on any atom is 0.287 e. The molecule has 0 spiro atoms. The van der Waals surface area contributed by atoms with E-state index < -0.39 is 5.91 Å². The fourth-order valence-electron chi connectivity index (χ4n) is 1.27. The van der Waals surface area contributed by atoms with E-state index in [2.05, 4.69) is 10.1 Å². The van der Waals surface area contributed by atoms with E-state index in [0.717, 1.165) is 0 Å². The van der Waals surface area contributed by atoms with Gasteiger partial charge in [0.1, 0.15) is 0 Å². The largest absolute Gasteiger partial charge is 0.359 e. The van der Waals surface area contributed by atoms with Crippen LogP contribution in [-0.2, 0) is 6.54 Å². The third-order valence-corrected chi connectivity index (χ3v) is 2.85. The van der Waals surface area contributed by atoms with E-state index in [4.69, 9.17) is 10.4 Å². The molecule has 0 saturated heterocycles. The van der Waals surface area contributed by atoms with E-state index in [1.807, 2.05) is 28.0 Å². The molecule has 0 aromatic carbocycles. The molecule has 94 valence electrons. The van der Waals surface area contributed by atoms with Gasteiger partial charge < -0.3 is 4.52 Å². The average Bonchev–Trinajstić information content (AvgIpc) is 2.82. The van der Waals surface area contributed by atoms with Crippen LogP contribution in [0.2, 0.25) is 0 Å². The fourth-order valence-corrected chi connectivity index (χ4v) is 1.74. The molecule has 0 bridgehead atoms. The van der Waals surface area contributed by atoms with Crippen molar-refractivity contribution in [3.63, 3.8) is 0 Å². The number of aromatic nitrogens is 3. The predicted octanol–water partition coefficient (Wildman–Crippen LogP) is -0.512. The van der Waals surface area contributed by atoms with Gasteiger partial charge in [-0.05, 0) is 22.6 Å². The summed E-state index contributed by atoms with van der Waals surface area (Å²) in [7, 11) is 0. The Morgan fingerprint density at radius 1 is 1.61 bits per heavy atom. The molecule has 0 fully saturated rings. The van der Waals surface area contributed by atoms with Crippen LogP contribution in [0.15, 0.2) is 27.9 Å². The molecule has 0 aliphatic heterocycles. The van der Waals surface area contributed by atoms with Crippen LogP contribution in [0.5, 0.6) is 0 Å². The molecule has 1 amide bonds. The standard InChI is InChI=1S/C9H8IN5O3/c10-6-2-12-4-15(9(6)17)3-5-1-7(14-18-5)8(16)13-11/h1-2,4H,3,11H2,(H,13,16). The summed E-state index contributed by atoms with van der Waals surface area (Å²) in [5.74, 6) is 4.77. The number of nitrogens with two attached hydrogens (primary N) is 1. The molecule has 2 rings (SSSR count). The Hall–Kier alpha value is -1.75. The zero-order chi connectivity index (χ0) is 13.1. The Morgan fingerprint density at radius 3 is 3.11 bits per heavy atom. The van der Waals surface area contributed by atoms with Crippen molar-refractivity contribution in [2.45, 2.75) is 6.54 Å². The molecule has 0 unspecified atom stereocenters. The highest BCUT2D eigenvalue weighted by Gasteiger charge is 2.12. The van der Waals surface area contributed by atoms with Gasteiger partial charge >= 0.3 is 0 Å². The predicted molar refractivity (Wildman–Crippen MR) is 68.5 cm³/mol. The van der Waals surface area contributed by atoms with Gasteiger partial charge in [-0.3, -0.25) is 19.6 Å². The summed E-state index contributed by atoms with van der Waals surface area (Å²) in [4.78, 5) is 26.8. The van der Waals surface area contributed by atoms with Gasteiger partial charge in [0, 0.05) is 12.3 Å². The number of hydrogen-bond donors (Lipinski definition) is 2. The Labute approximate surface area is 114 Å². The van der Waals surface area contributed by atoms with Crippen molar-refractivity contribution in [1.82, 2.24) is 20.1 Å². The second kappa shape index (κ2) is 5.27. The number of halogens is 1. The first-order valence-electron chi connectivity index (χ1n) is 4.78. The van der Waals surface area contributed by atoms with Gasteiger partial charge in [-0.25, -0.2) is 10.8 Å². The van der Waals surface area contributed by atoms with Gasteiger partial charge in [0.2, 0.25) is 0 Å². The number of hydrazine groups is 1. The molecule has 0 atom stereocenters. The number of carbonyl (C=O) groups excluding carboxylic acids is 1. The van der Waals surface area contributed by atoms with Gasteiger partial charge in [-0.2, -0.15) is 0 Å². The molecule has 2 aromatic heterocycles. The van der Waals surface area contributed by atoms with Crippen LogP contribution in [0.4, 0.5) is 0 Å². The van der Waals surface area contributed by atoms with Crippen molar-refractivity contribution in [3.05, 3.63) is 44.0 Å². The summed E-state index contributed by atoms with van der Waals surface area (Å²) < 4.78 is 6.78. The van der Waals surface area contributed by atoms with Crippen LogP contribution < -0.4 is 16.8 Å². The fraction of sp³-hybridized carbons (Fsp3) is 0.111. The first-order valence-corrected chi connectivity index (χ1v) is 5.86. The van der Waals surface area contributed by atoms with E-state index in [0.29, 0.717) is 9.33 Å². The number of amides is 1. The van der Waals surface area contributed by atoms with E-state index in [1.165, 1.54) is 23.2 Å². The highest BCUT2D eigenvalue weighted by molar-refractivity contribution is 14.1. The molecule has 0 aliphatic carbocycles. The Bertz CT molecular complexity index is 635. The zero-order valence-corrected chi connectivity index (χ0v) is 11.1. The summed E-state index contributed by atoms with van der Waals surface area (Å²) in [5, 5.41) is 3.53. The smallest absolute Gasteiger partial charge is 0.287 e. The van der Waals surface area contributed by atoms with Gasteiger partial charge in [-0.1, -0.05) is 5.16 Å². The first-order chi connectivity index (χ1) is 8.61. The van der Waals surface area contributed by atoms with Crippen molar-refractivity contribution in [3.8, 4) is 0 Å². The first kappa shape index (κ1) is 12.7. The van der Waals surface area contributed by atoms with Gasteiger partial charge in [0.05, 0.1) is 16.4 Å². The van der Waals surface area contributed by atoms with Crippen LogP contribution in [0.1, 0.15) is 16.2 Å². The molecule has 0 aliphatic rings. The number of nitrogens with one attached hydrogen (secondary N) is 1. The molecular weight excluding hydrogens is 353 g/mol. The lowest BCUT2D eigenvalue weighted by Crippen LogP contribution is -2.30. The lowest BCUT2D eigenvalue weighted by molar-refractivity contribution is 0.0944. The number of nitrogens with zero attached hydrogens (tertiary/aromatic N) is 3. The molecular formula is C9H8IN5O3. The van der Waals surface area contributed by atoms with Crippen LogP contribution in [0, 0.1) is 3.57 Å². The van der Waals surface area contributed by atoms with Crippen molar-refractivity contribution in [2.24, 2.45) is 5.84 Å². The summed E-state index contributed by atoms with van der Waals surface area (Å²) in [6.45, 7) is 0.146. The minimum atomic E-state index is -0.557. The van der Waals surface area contributed by atoms with Crippen LogP contribution in [0.3, 0.4) is 0 Å². The van der Waals surface area contributed by atoms with Gasteiger partial charge in [0.15, 0.2) is 11.5 Å². The third kappa shape index (κ3) is 2.56. The molecule has 18 heavy (non-hydrogen) atoms. The summed E-state index contributed by atoms with van der Waals surface area (Å²) in [5.41, 5.74) is 1.80. The van der Waals surface area contributed by atoms with E-state index in [-0.39, 0.29) is 17.8 Å². The van der Waals surface area contributed by atoms with Crippen LogP contribution >= 0.6 is 22.6 Å². The molecule has 9 heteroatoms. The summed E-state index contributed by atoms with van der Waals surface area (Å²) in [6.07, 6.45) is 2.85. The molecule has 0 radical (unpaired) electrons. The Balaban J connectivity index is 2.24. The topological polar surface area (TPSA) is 116 Å². The van der Waals surface area contributed by atoms with Gasteiger partial charge in [0.25, 0.3) is 11.5 Å².